The van der Waals surface area contributed by atoms with E-state index in [-0.39, 0.29) is 11.9 Å². The summed E-state index contributed by atoms with van der Waals surface area (Å²) in [6.07, 6.45) is 2.26. The molecule has 1 aliphatic carbocycles. The van der Waals surface area contributed by atoms with Crippen molar-refractivity contribution in [3.05, 3.63) is 9.98 Å². The van der Waals surface area contributed by atoms with Crippen LogP contribution in [0.15, 0.2) is 9.98 Å². The lowest BCUT2D eigenvalue weighted by molar-refractivity contribution is -0.148. The fraction of sp³-hybridized carbons (Fsp3) is 0.667. The maximum absolute atomic E-state index is 11.8. The van der Waals surface area contributed by atoms with Crippen molar-refractivity contribution in [3.63, 3.8) is 0 Å². The molecule has 2 heterocycles. The lowest BCUT2D eigenvalue weighted by Crippen LogP contribution is -2.45. The predicted octanol–water partition coefficient (Wildman–Crippen LogP) is 2.54. The van der Waals surface area contributed by atoms with Crippen molar-refractivity contribution in [2.24, 2.45) is 17.8 Å². The summed E-state index contributed by atoms with van der Waals surface area (Å²) in [4.78, 5) is 18.6. The van der Waals surface area contributed by atoms with Gasteiger partial charge < -0.3 is 9.64 Å². The van der Waals surface area contributed by atoms with E-state index in [0.29, 0.717) is 11.8 Å². The van der Waals surface area contributed by atoms with E-state index in [0.717, 1.165) is 35.7 Å². The van der Waals surface area contributed by atoms with Gasteiger partial charge in [-0.1, -0.05) is 0 Å². The Morgan fingerprint density at radius 2 is 2.17 bits per heavy atom. The Bertz CT molecular complexity index is 451. The molecule has 1 aromatic heterocycles. The first-order valence-corrected chi connectivity index (χ1v) is 7.80. The fourth-order valence-corrected chi connectivity index (χ4v) is 4.56. The standard InChI is InChI=1S/C12H15BrN2O2S/c1-17-11(16)10-7-2-3-8(10)5-15(4-7)12-14-9(13)6-18-12/h6-8,10H,2-5H2,1H3. The minimum Gasteiger partial charge on any atom is -0.469 e. The normalized spacial score (nSPS) is 30.6. The number of hydrogen-bond donors (Lipinski definition) is 0. The van der Waals surface area contributed by atoms with E-state index in [1.807, 2.05) is 5.38 Å². The number of nitrogens with zero attached hydrogens (tertiary/aromatic N) is 2. The van der Waals surface area contributed by atoms with Crippen molar-refractivity contribution in [2.45, 2.75) is 12.8 Å². The smallest absolute Gasteiger partial charge is 0.309 e. The van der Waals surface area contributed by atoms with E-state index in [1.54, 1.807) is 11.3 Å². The number of piperidine rings is 1. The minimum absolute atomic E-state index is 0.0255. The molecule has 1 aromatic rings. The maximum Gasteiger partial charge on any atom is 0.309 e. The number of carbonyl (C=O) groups is 1. The van der Waals surface area contributed by atoms with E-state index < -0.39 is 0 Å². The molecule has 2 aliphatic rings. The van der Waals surface area contributed by atoms with Crippen LogP contribution in [0.5, 0.6) is 0 Å². The average Bonchev–Trinajstić information content (AvgIpc) is 2.90. The molecule has 2 unspecified atom stereocenters. The van der Waals surface area contributed by atoms with Gasteiger partial charge in [0.25, 0.3) is 0 Å². The number of anilines is 1. The summed E-state index contributed by atoms with van der Waals surface area (Å²) in [5.74, 6) is 0.940. The molecule has 3 rings (SSSR count). The van der Waals surface area contributed by atoms with Gasteiger partial charge in [-0.2, -0.15) is 0 Å². The number of methoxy groups -OCH3 is 1. The number of aromatic nitrogens is 1. The van der Waals surface area contributed by atoms with E-state index in [2.05, 4.69) is 25.8 Å². The highest BCUT2D eigenvalue weighted by Gasteiger charge is 2.46. The van der Waals surface area contributed by atoms with Gasteiger partial charge in [0.2, 0.25) is 0 Å². The van der Waals surface area contributed by atoms with Crippen LogP contribution in [-0.4, -0.2) is 31.2 Å². The quantitative estimate of drug-likeness (QED) is 0.781. The number of carbonyl (C=O) groups excluding carboxylic acids is 1. The molecule has 2 fully saturated rings. The lowest BCUT2D eigenvalue weighted by Gasteiger charge is -2.36. The van der Waals surface area contributed by atoms with Crippen molar-refractivity contribution in [1.29, 1.82) is 0 Å². The summed E-state index contributed by atoms with van der Waals surface area (Å²) in [6, 6.07) is 0. The number of hydrogen-bond acceptors (Lipinski definition) is 5. The van der Waals surface area contributed by atoms with E-state index in [9.17, 15) is 4.79 Å². The third-order valence-electron chi connectivity index (χ3n) is 4.04. The molecule has 2 bridgehead atoms. The molecule has 1 aliphatic heterocycles. The van der Waals surface area contributed by atoms with Gasteiger partial charge in [0.05, 0.1) is 13.0 Å². The molecular formula is C12H15BrN2O2S. The zero-order valence-corrected chi connectivity index (χ0v) is 12.5. The zero-order valence-electron chi connectivity index (χ0n) is 10.1. The Morgan fingerprint density at radius 1 is 1.50 bits per heavy atom. The number of fused-ring (bicyclic) bond motifs is 2. The van der Waals surface area contributed by atoms with Crippen molar-refractivity contribution in [1.82, 2.24) is 4.98 Å². The molecule has 0 amide bonds. The van der Waals surface area contributed by atoms with E-state index >= 15 is 0 Å². The fourth-order valence-electron chi connectivity index (χ4n) is 3.29. The van der Waals surface area contributed by atoms with Crippen LogP contribution in [0, 0.1) is 17.8 Å². The van der Waals surface area contributed by atoms with Crippen LogP contribution in [0.3, 0.4) is 0 Å². The topological polar surface area (TPSA) is 42.4 Å². The summed E-state index contributed by atoms with van der Waals surface area (Å²) in [5.41, 5.74) is 0. The van der Waals surface area contributed by atoms with Gasteiger partial charge in [0, 0.05) is 18.5 Å². The van der Waals surface area contributed by atoms with Crippen LogP contribution in [0.25, 0.3) is 0 Å². The van der Waals surface area contributed by atoms with Crippen LogP contribution in [0.2, 0.25) is 0 Å². The largest absolute Gasteiger partial charge is 0.469 e. The van der Waals surface area contributed by atoms with Gasteiger partial charge in [0.15, 0.2) is 5.13 Å². The van der Waals surface area contributed by atoms with Gasteiger partial charge in [-0.15, -0.1) is 11.3 Å². The minimum atomic E-state index is -0.0255. The van der Waals surface area contributed by atoms with Gasteiger partial charge in [0.1, 0.15) is 4.60 Å². The Labute approximate surface area is 118 Å². The summed E-state index contributed by atoms with van der Waals surface area (Å²) >= 11 is 5.04. The molecule has 0 radical (unpaired) electrons. The SMILES string of the molecule is COC(=O)C1C2CCC1CN(c1nc(Br)cs1)C2. The third-order valence-corrected chi connectivity index (χ3v) is 5.65. The first kappa shape index (κ1) is 12.4. The summed E-state index contributed by atoms with van der Waals surface area (Å²) in [7, 11) is 1.49. The summed E-state index contributed by atoms with van der Waals surface area (Å²) in [6.45, 7) is 1.85. The number of thiazole rings is 1. The van der Waals surface area contributed by atoms with Gasteiger partial charge >= 0.3 is 5.97 Å². The second-order valence-electron chi connectivity index (χ2n) is 5.00. The Morgan fingerprint density at radius 3 is 2.67 bits per heavy atom. The third kappa shape index (κ3) is 2.05. The number of rotatable bonds is 2. The molecule has 1 saturated carbocycles. The number of halogens is 1. The highest BCUT2D eigenvalue weighted by Crippen LogP contribution is 2.44. The number of ether oxygens (including phenoxy) is 1. The highest BCUT2D eigenvalue weighted by atomic mass is 79.9. The van der Waals surface area contributed by atoms with Crippen molar-refractivity contribution in [3.8, 4) is 0 Å². The van der Waals surface area contributed by atoms with E-state index in [1.165, 1.54) is 7.11 Å². The molecule has 6 heteroatoms. The Kier molecular flexibility index (Phi) is 3.32. The molecule has 98 valence electrons. The number of esters is 1. The molecule has 0 spiro atoms. The molecule has 18 heavy (non-hydrogen) atoms. The maximum atomic E-state index is 11.8. The molecule has 0 aromatic carbocycles. The van der Waals surface area contributed by atoms with Gasteiger partial charge in [-0.25, -0.2) is 4.98 Å². The molecule has 0 N–H and O–H groups in total. The second kappa shape index (κ2) is 4.81. The highest BCUT2D eigenvalue weighted by molar-refractivity contribution is 9.10. The van der Waals surface area contributed by atoms with Crippen molar-refractivity contribution < 1.29 is 9.53 Å². The van der Waals surface area contributed by atoms with Crippen LogP contribution in [-0.2, 0) is 9.53 Å². The lowest BCUT2D eigenvalue weighted by atomic mass is 9.85. The molecule has 4 nitrogen and oxygen atoms in total. The average molecular weight is 331 g/mol. The van der Waals surface area contributed by atoms with Crippen LogP contribution < -0.4 is 4.90 Å². The predicted molar refractivity (Wildman–Crippen MR) is 73.7 cm³/mol. The first-order valence-electron chi connectivity index (χ1n) is 6.13. The monoisotopic (exact) mass is 330 g/mol. The second-order valence-corrected chi connectivity index (χ2v) is 6.65. The van der Waals surface area contributed by atoms with Crippen molar-refractivity contribution in [2.75, 3.05) is 25.1 Å². The Hall–Kier alpha value is -0.620. The first-order chi connectivity index (χ1) is 8.69. The van der Waals surface area contributed by atoms with Crippen LogP contribution in [0.4, 0.5) is 5.13 Å². The van der Waals surface area contributed by atoms with E-state index in [4.69, 9.17) is 4.74 Å². The summed E-state index contributed by atoms with van der Waals surface area (Å²) < 4.78 is 5.83. The zero-order chi connectivity index (χ0) is 12.7. The van der Waals surface area contributed by atoms with Crippen LogP contribution in [0.1, 0.15) is 12.8 Å². The Balaban J connectivity index is 1.77. The molecular weight excluding hydrogens is 316 g/mol. The molecule has 2 atom stereocenters. The van der Waals surface area contributed by atoms with Gasteiger partial charge in [-0.3, -0.25) is 4.79 Å². The molecule has 1 saturated heterocycles. The van der Waals surface area contributed by atoms with Gasteiger partial charge in [-0.05, 0) is 40.6 Å². The van der Waals surface area contributed by atoms with Crippen molar-refractivity contribution >= 4 is 38.4 Å². The van der Waals surface area contributed by atoms with Crippen LogP contribution >= 0.6 is 27.3 Å². The summed E-state index contributed by atoms with van der Waals surface area (Å²) in [5, 5.41) is 3.06.